The van der Waals surface area contributed by atoms with Crippen molar-refractivity contribution in [3.8, 4) is 0 Å². The van der Waals surface area contributed by atoms with Gasteiger partial charge in [0.15, 0.2) is 0 Å². The van der Waals surface area contributed by atoms with Crippen molar-refractivity contribution in [3.63, 3.8) is 0 Å². The molecule has 0 saturated carbocycles. The number of rotatable bonds is 6. The standard InChI is InChI=1S/C13H18BrNO2/c1-3-12(15-13(16)9-17-4-2)10-5-7-11(14)8-6-10/h5-8,12H,3-4,9H2,1-2H3,(H,15,16). The predicted octanol–water partition coefficient (Wildman–Crippen LogP) is 3.05. The highest BCUT2D eigenvalue weighted by Crippen LogP contribution is 2.19. The highest BCUT2D eigenvalue weighted by Gasteiger charge is 2.12. The molecule has 3 nitrogen and oxygen atoms in total. The van der Waals surface area contributed by atoms with Crippen molar-refractivity contribution in [2.24, 2.45) is 0 Å². The second-order valence-corrected chi connectivity index (χ2v) is 4.63. The van der Waals surface area contributed by atoms with E-state index in [1.165, 1.54) is 0 Å². The molecular weight excluding hydrogens is 282 g/mol. The minimum atomic E-state index is -0.0679. The molecule has 0 saturated heterocycles. The maximum absolute atomic E-state index is 11.6. The fraction of sp³-hybridized carbons (Fsp3) is 0.462. The van der Waals surface area contributed by atoms with Gasteiger partial charge in [0.25, 0.3) is 0 Å². The summed E-state index contributed by atoms with van der Waals surface area (Å²) in [6.07, 6.45) is 0.861. The van der Waals surface area contributed by atoms with Crippen LogP contribution in [0.1, 0.15) is 31.9 Å². The number of hydrogen-bond donors (Lipinski definition) is 1. The first-order chi connectivity index (χ1) is 8.17. The van der Waals surface area contributed by atoms with Gasteiger partial charge in [0.2, 0.25) is 5.91 Å². The summed E-state index contributed by atoms with van der Waals surface area (Å²) in [5.74, 6) is -0.0679. The minimum Gasteiger partial charge on any atom is -0.372 e. The third-order valence-corrected chi connectivity index (χ3v) is 2.98. The Labute approximate surface area is 111 Å². The minimum absolute atomic E-state index is 0.0519. The van der Waals surface area contributed by atoms with Gasteiger partial charge in [-0.1, -0.05) is 35.0 Å². The lowest BCUT2D eigenvalue weighted by molar-refractivity contribution is -0.126. The van der Waals surface area contributed by atoms with E-state index in [2.05, 4.69) is 21.2 Å². The molecular formula is C13H18BrNO2. The van der Waals surface area contributed by atoms with E-state index in [4.69, 9.17) is 4.74 Å². The molecule has 1 rings (SSSR count). The molecule has 4 heteroatoms. The van der Waals surface area contributed by atoms with Gasteiger partial charge in [-0.2, -0.15) is 0 Å². The van der Waals surface area contributed by atoms with Gasteiger partial charge < -0.3 is 10.1 Å². The van der Waals surface area contributed by atoms with Crippen molar-refractivity contribution in [3.05, 3.63) is 34.3 Å². The molecule has 0 aliphatic heterocycles. The monoisotopic (exact) mass is 299 g/mol. The van der Waals surface area contributed by atoms with E-state index in [1.807, 2.05) is 38.1 Å². The van der Waals surface area contributed by atoms with Crippen molar-refractivity contribution >= 4 is 21.8 Å². The number of carbonyl (C=O) groups excluding carboxylic acids is 1. The molecule has 94 valence electrons. The first kappa shape index (κ1) is 14.2. The maximum Gasteiger partial charge on any atom is 0.246 e. The van der Waals surface area contributed by atoms with E-state index in [0.717, 1.165) is 16.5 Å². The Bertz CT molecular complexity index is 351. The molecule has 17 heavy (non-hydrogen) atoms. The van der Waals surface area contributed by atoms with E-state index < -0.39 is 0 Å². The average Bonchev–Trinajstić information content (AvgIpc) is 2.34. The lowest BCUT2D eigenvalue weighted by Gasteiger charge is -2.17. The SMILES string of the molecule is CCOCC(=O)NC(CC)c1ccc(Br)cc1. The van der Waals surface area contributed by atoms with Gasteiger partial charge in [0, 0.05) is 11.1 Å². The molecule has 0 heterocycles. The van der Waals surface area contributed by atoms with Gasteiger partial charge in [-0.25, -0.2) is 0 Å². The number of hydrogen-bond acceptors (Lipinski definition) is 2. The van der Waals surface area contributed by atoms with E-state index in [-0.39, 0.29) is 18.6 Å². The Morgan fingerprint density at radius 2 is 2.00 bits per heavy atom. The van der Waals surface area contributed by atoms with Crippen molar-refractivity contribution < 1.29 is 9.53 Å². The molecule has 0 aliphatic carbocycles. The van der Waals surface area contributed by atoms with Gasteiger partial charge in [-0.05, 0) is 31.0 Å². The fourth-order valence-corrected chi connectivity index (χ4v) is 1.81. The van der Waals surface area contributed by atoms with E-state index in [9.17, 15) is 4.79 Å². The Morgan fingerprint density at radius 3 is 2.53 bits per heavy atom. The van der Waals surface area contributed by atoms with Crippen LogP contribution in [0.15, 0.2) is 28.7 Å². The van der Waals surface area contributed by atoms with Crippen LogP contribution >= 0.6 is 15.9 Å². The molecule has 0 spiro atoms. The molecule has 1 N–H and O–H groups in total. The van der Waals surface area contributed by atoms with Crippen LogP contribution in [-0.2, 0) is 9.53 Å². The van der Waals surface area contributed by atoms with Gasteiger partial charge >= 0.3 is 0 Å². The molecule has 1 amide bonds. The first-order valence-electron chi connectivity index (χ1n) is 5.80. The topological polar surface area (TPSA) is 38.3 Å². The smallest absolute Gasteiger partial charge is 0.246 e. The zero-order valence-electron chi connectivity index (χ0n) is 10.2. The summed E-state index contributed by atoms with van der Waals surface area (Å²) < 4.78 is 6.11. The van der Waals surface area contributed by atoms with E-state index in [0.29, 0.717) is 6.61 Å². The maximum atomic E-state index is 11.6. The van der Waals surface area contributed by atoms with Crippen LogP contribution in [0.5, 0.6) is 0 Å². The van der Waals surface area contributed by atoms with Crippen LogP contribution in [0.4, 0.5) is 0 Å². The van der Waals surface area contributed by atoms with Gasteiger partial charge in [-0.3, -0.25) is 4.79 Å². The second-order valence-electron chi connectivity index (χ2n) is 3.72. The molecule has 1 aromatic rings. The van der Waals surface area contributed by atoms with Crippen LogP contribution < -0.4 is 5.32 Å². The zero-order chi connectivity index (χ0) is 12.7. The molecule has 0 aromatic heterocycles. The number of benzene rings is 1. The molecule has 0 fully saturated rings. The summed E-state index contributed by atoms with van der Waals surface area (Å²) in [5.41, 5.74) is 1.11. The number of nitrogens with one attached hydrogen (secondary N) is 1. The third-order valence-electron chi connectivity index (χ3n) is 2.45. The number of carbonyl (C=O) groups is 1. The lowest BCUT2D eigenvalue weighted by Crippen LogP contribution is -2.31. The summed E-state index contributed by atoms with van der Waals surface area (Å²) in [6.45, 7) is 4.61. The first-order valence-corrected chi connectivity index (χ1v) is 6.59. The molecule has 1 atom stereocenters. The van der Waals surface area contributed by atoms with E-state index >= 15 is 0 Å². The highest BCUT2D eigenvalue weighted by molar-refractivity contribution is 9.10. The van der Waals surface area contributed by atoms with Crippen LogP contribution in [0.25, 0.3) is 0 Å². The zero-order valence-corrected chi connectivity index (χ0v) is 11.8. The number of ether oxygens (including phenoxy) is 1. The fourth-order valence-electron chi connectivity index (χ4n) is 1.55. The molecule has 0 bridgehead atoms. The summed E-state index contributed by atoms with van der Waals surface area (Å²) in [5, 5.41) is 2.96. The van der Waals surface area contributed by atoms with E-state index in [1.54, 1.807) is 0 Å². The Balaban J connectivity index is 2.59. The summed E-state index contributed by atoms with van der Waals surface area (Å²) in [4.78, 5) is 11.6. The van der Waals surface area contributed by atoms with Crippen molar-refractivity contribution in [2.75, 3.05) is 13.2 Å². The van der Waals surface area contributed by atoms with Gasteiger partial charge in [0.05, 0.1) is 6.04 Å². The quantitative estimate of drug-likeness (QED) is 0.877. The highest BCUT2D eigenvalue weighted by atomic mass is 79.9. The number of halogens is 1. The van der Waals surface area contributed by atoms with Crippen LogP contribution in [0.2, 0.25) is 0 Å². The third kappa shape index (κ3) is 4.88. The van der Waals surface area contributed by atoms with Crippen molar-refractivity contribution in [1.82, 2.24) is 5.32 Å². The second kappa shape index (κ2) is 7.45. The van der Waals surface area contributed by atoms with Crippen LogP contribution in [0.3, 0.4) is 0 Å². The molecule has 0 radical (unpaired) electrons. The normalized spacial score (nSPS) is 12.2. The largest absolute Gasteiger partial charge is 0.372 e. The van der Waals surface area contributed by atoms with Crippen molar-refractivity contribution in [2.45, 2.75) is 26.3 Å². The van der Waals surface area contributed by atoms with Gasteiger partial charge in [0.1, 0.15) is 6.61 Å². The lowest BCUT2D eigenvalue weighted by atomic mass is 10.0. The van der Waals surface area contributed by atoms with Crippen molar-refractivity contribution in [1.29, 1.82) is 0 Å². The number of amides is 1. The predicted molar refractivity (Wildman–Crippen MR) is 71.8 cm³/mol. The van der Waals surface area contributed by atoms with Gasteiger partial charge in [-0.15, -0.1) is 0 Å². The summed E-state index contributed by atoms with van der Waals surface area (Å²) in [7, 11) is 0. The Kier molecular flexibility index (Phi) is 6.22. The molecule has 1 unspecified atom stereocenters. The molecule has 1 aromatic carbocycles. The Morgan fingerprint density at radius 1 is 1.35 bits per heavy atom. The van der Waals surface area contributed by atoms with Crippen LogP contribution in [-0.4, -0.2) is 19.1 Å². The summed E-state index contributed by atoms with van der Waals surface area (Å²) >= 11 is 3.39. The average molecular weight is 300 g/mol. The Hall–Kier alpha value is -0.870. The molecule has 0 aliphatic rings. The van der Waals surface area contributed by atoms with Crippen LogP contribution in [0, 0.1) is 0 Å². The summed E-state index contributed by atoms with van der Waals surface area (Å²) in [6, 6.07) is 8.04.